The van der Waals surface area contributed by atoms with Crippen LogP contribution in [0.4, 0.5) is 10.1 Å². The van der Waals surface area contributed by atoms with Gasteiger partial charge < -0.3 is 9.32 Å². The number of rotatable bonds is 2. The minimum absolute atomic E-state index is 0.163. The van der Waals surface area contributed by atoms with Crippen LogP contribution < -0.4 is 4.90 Å². The molecule has 2 heterocycles. The number of halogens is 2. The highest BCUT2D eigenvalue weighted by Crippen LogP contribution is 2.32. The van der Waals surface area contributed by atoms with Crippen molar-refractivity contribution >= 4 is 27.5 Å². The van der Waals surface area contributed by atoms with E-state index < -0.39 is 0 Å². The zero-order chi connectivity index (χ0) is 16.7. The Morgan fingerprint density at radius 2 is 1.88 bits per heavy atom. The first-order valence-electron chi connectivity index (χ1n) is 7.58. The van der Waals surface area contributed by atoms with Gasteiger partial charge in [-0.3, -0.25) is 4.79 Å². The van der Waals surface area contributed by atoms with Crippen molar-refractivity contribution in [2.75, 3.05) is 11.4 Å². The predicted molar refractivity (Wildman–Crippen MR) is 93.6 cm³/mol. The summed E-state index contributed by atoms with van der Waals surface area (Å²) < 4.78 is 19.7. The summed E-state index contributed by atoms with van der Waals surface area (Å²) in [6.45, 7) is 0.636. The summed E-state index contributed by atoms with van der Waals surface area (Å²) in [5.74, 6) is 0.365. The molecule has 0 fully saturated rings. The van der Waals surface area contributed by atoms with Gasteiger partial charge in [-0.2, -0.15) is 0 Å². The van der Waals surface area contributed by atoms with Crippen LogP contribution in [0.2, 0.25) is 0 Å². The van der Waals surface area contributed by atoms with Gasteiger partial charge in [0.1, 0.15) is 11.6 Å². The highest BCUT2D eigenvalue weighted by Gasteiger charge is 2.27. The lowest BCUT2D eigenvalue weighted by molar-refractivity contribution is 0.0963. The van der Waals surface area contributed by atoms with Gasteiger partial charge in [0.2, 0.25) is 0 Å². The van der Waals surface area contributed by atoms with Crippen LogP contribution in [0.1, 0.15) is 16.1 Å². The number of hydrogen-bond donors (Lipinski definition) is 0. The quantitative estimate of drug-likeness (QED) is 0.618. The lowest BCUT2D eigenvalue weighted by atomic mass is 10.2. The zero-order valence-corrected chi connectivity index (χ0v) is 14.2. The summed E-state index contributed by atoms with van der Waals surface area (Å²) in [4.78, 5) is 14.5. The summed E-state index contributed by atoms with van der Waals surface area (Å²) in [5.41, 5.74) is 2.80. The average Bonchev–Trinajstić information content (AvgIpc) is 3.21. The Morgan fingerprint density at radius 3 is 2.67 bits per heavy atom. The van der Waals surface area contributed by atoms with Gasteiger partial charge in [-0.15, -0.1) is 0 Å². The molecule has 1 aromatic heterocycles. The van der Waals surface area contributed by atoms with E-state index in [1.807, 2.05) is 18.2 Å². The Labute approximate surface area is 146 Å². The minimum atomic E-state index is -0.304. The van der Waals surface area contributed by atoms with E-state index in [1.165, 1.54) is 12.1 Å². The third-order valence-electron chi connectivity index (χ3n) is 4.13. The molecule has 120 valence electrons. The lowest BCUT2D eigenvalue weighted by Gasteiger charge is -2.15. The molecule has 1 amide bonds. The average molecular weight is 386 g/mol. The molecule has 4 rings (SSSR count). The molecule has 0 N–H and O–H groups in total. The Bertz CT molecular complexity index is 917. The second kappa shape index (κ2) is 5.91. The van der Waals surface area contributed by atoms with Gasteiger partial charge in [0.25, 0.3) is 5.91 Å². The monoisotopic (exact) mass is 385 g/mol. The first-order chi connectivity index (χ1) is 11.6. The standard InChI is InChI=1S/C19H13BrFNO2/c20-14-3-6-16-13(11-14)9-10-22(16)19(23)18-8-7-17(24-18)12-1-4-15(21)5-2-12/h1-8,11H,9-10H2. The number of anilines is 1. The second-order valence-electron chi connectivity index (χ2n) is 5.65. The van der Waals surface area contributed by atoms with Crippen LogP contribution in [-0.2, 0) is 6.42 Å². The van der Waals surface area contributed by atoms with E-state index in [4.69, 9.17) is 4.42 Å². The van der Waals surface area contributed by atoms with Crippen LogP contribution >= 0.6 is 15.9 Å². The summed E-state index contributed by atoms with van der Waals surface area (Å²) in [5, 5.41) is 0. The molecular weight excluding hydrogens is 373 g/mol. The van der Waals surface area contributed by atoms with Gasteiger partial charge >= 0.3 is 0 Å². The zero-order valence-electron chi connectivity index (χ0n) is 12.6. The lowest BCUT2D eigenvalue weighted by Crippen LogP contribution is -2.28. The van der Waals surface area contributed by atoms with Crippen molar-refractivity contribution in [2.24, 2.45) is 0 Å². The smallest absolute Gasteiger partial charge is 0.294 e. The summed E-state index contributed by atoms with van der Waals surface area (Å²) in [6.07, 6.45) is 0.825. The molecule has 0 bridgehead atoms. The number of fused-ring (bicyclic) bond motifs is 1. The van der Waals surface area contributed by atoms with Crippen LogP contribution in [0.5, 0.6) is 0 Å². The van der Waals surface area contributed by atoms with Crippen LogP contribution in [0.3, 0.4) is 0 Å². The molecule has 0 saturated heterocycles. The highest BCUT2D eigenvalue weighted by molar-refractivity contribution is 9.10. The van der Waals surface area contributed by atoms with E-state index in [1.54, 1.807) is 29.2 Å². The largest absolute Gasteiger partial charge is 0.451 e. The Hall–Kier alpha value is -2.40. The molecule has 0 spiro atoms. The molecule has 5 heteroatoms. The molecule has 0 atom stereocenters. The van der Waals surface area contributed by atoms with Crippen molar-refractivity contribution in [3.05, 3.63) is 76.2 Å². The van der Waals surface area contributed by atoms with Gasteiger partial charge in [0.05, 0.1) is 0 Å². The molecule has 0 radical (unpaired) electrons. The van der Waals surface area contributed by atoms with E-state index >= 15 is 0 Å². The summed E-state index contributed by atoms with van der Waals surface area (Å²) >= 11 is 3.45. The van der Waals surface area contributed by atoms with E-state index in [-0.39, 0.29) is 17.5 Å². The van der Waals surface area contributed by atoms with Gasteiger partial charge in [-0.05, 0) is 66.6 Å². The Balaban J connectivity index is 1.62. The molecule has 2 aromatic carbocycles. The first-order valence-corrected chi connectivity index (χ1v) is 8.37. The molecule has 1 aliphatic heterocycles. The predicted octanol–water partition coefficient (Wildman–Crippen LogP) is 5.05. The topological polar surface area (TPSA) is 33.5 Å². The molecule has 3 aromatic rings. The minimum Gasteiger partial charge on any atom is -0.451 e. The molecule has 0 unspecified atom stereocenters. The van der Waals surface area contributed by atoms with E-state index in [9.17, 15) is 9.18 Å². The van der Waals surface area contributed by atoms with Crippen LogP contribution in [0, 0.1) is 5.82 Å². The van der Waals surface area contributed by atoms with Crippen molar-refractivity contribution in [3.8, 4) is 11.3 Å². The maximum atomic E-state index is 13.0. The van der Waals surface area contributed by atoms with E-state index in [0.717, 1.165) is 27.7 Å². The number of carbonyl (C=O) groups is 1. The Morgan fingerprint density at radius 1 is 1.08 bits per heavy atom. The fraction of sp³-hybridized carbons (Fsp3) is 0.105. The number of nitrogens with zero attached hydrogens (tertiary/aromatic N) is 1. The molecule has 0 aliphatic carbocycles. The fourth-order valence-corrected chi connectivity index (χ4v) is 3.34. The maximum Gasteiger partial charge on any atom is 0.294 e. The number of hydrogen-bond acceptors (Lipinski definition) is 2. The summed E-state index contributed by atoms with van der Waals surface area (Å²) in [7, 11) is 0. The SMILES string of the molecule is O=C(c1ccc(-c2ccc(F)cc2)o1)N1CCc2cc(Br)ccc21. The molecule has 3 nitrogen and oxygen atoms in total. The first kappa shape index (κ1) is 15.1. The van der Waals surface area contributed by atoms with Crippen LogP contribution in [-0.4, -0.2) is 12.5 Å². The fourth-order valence-electron chi connectivity index (χ4n) is 2.94. The van der Waals surface area contributed by atoms with E-state index in [0.29, 0.717) is 12.3 Å². The second-order valence-corrected chi connectivity index (χ2v) is 6.57. The Kier molecular flexibility index (Phi) is 3.73. The van der Waals surface area contributed by atoms with Crippen LogP contribution in [0.15, 0.2) is 63.5 Å². The van der Waals surface area contributed by atoms with E-state index in [2.05, 4.69) is 15.9 Å². The third-order valence-corrected chi connectivity index (χ3v) is 4.62. The van der Waals surface area contributed by atoms with Gasteiger partial charge in [0, 0.05) is 22.3 Å². The molecule has 24 heavy (non-hydrogen) atoms. The van der Waals surface area contributed by atoms with Gasteiger partial charge in [0.15, 0.2) is 5.76 Å². The van der Waals surface area contributed by atoms with Crippen molar-refractivity contribution in [1.82, 2.24) is 0 Å². The van der Waals surface area contributed by atoms with Crippen molar-refractivity contribution in [3.63, 3.8) is 0 Å². The van der Waals surface area contributed by atoms with Crippen molar-refractivity contribution < 1.29 is 13.6 Å². The number of benzene rings is 2. The number of carbonyl (C=O) groups excluding carboxylic acids is 1. The normalized spacial score (nSPS) is 13.2. The van der Waals surface area contributed by atoms with Gasteiger partial charge in [-0.25, -0.2) is 4.39 Å². The van der Waals surface area contributed by atoms with Crippen molar-refractivity contribution in [1.29, 1.82) is 0 Å². The molecule has 1 aliphatic rings. The summed E-state index contributed by atoms with van der Waals surface area (Å²) in [6, 6.07) is 15.3. The number of amides is 1. The third kappa shape index (κ3) is 2.65. The van der Waals surface area contributed by atoms with Gasteiger partial charge in [-0.1, -0.05) is 15.9 Å². The maximum absolute atomic E-state index is 13.0. The molecular formula is C19H13BrFNO2. The van der Waals surface area contributed by atoms with Crippen LogP contribution in [0.25, 0.3) is 11.3 Å². The highest BCUT2D eigenvalue weighted by atomic mass is 79.9. The number of furan rings is 1. The molecule has 0 saturated carbocycles. The van der Waals surface area contributed by atoms with Crippen molar-refractivity contribution in [2.45, 2.75) is 6.42 Å².